The highest BCUT2D eigenvalue weighted by Gasteiger charge is 2.34. The third-order valence-corrected chi connectivity index (χ3v) is 2.87. The van der Waals surface area contributed by atoms with Crippen molar-refractivity contribution in [3.05, 3.63) is 24.3 Å². The Balaban J connectivity index is 2.00. The molecule has 0 heterocycles. The van der Waals surface area contributed by atoms with Crippen molar-refractivity contribution in [2.24, 2.45) is 0 Å². The van der Waals surface area contributed by atoms with Gasteiger partial charge in [0.25, 0.3) is 0 Å². The van der Waals surface area contributed by atoms with Crippen molar-refractivity contribution in [2.45, 2.75) is 31.3 Å². The molecule has 3 nitrogen and oxygen atoms in total. The van der Waals surface area contributed by atoms with Gasteiger partial charge in [0.2, 0.25) is 0 Å². The summed E-state index contributed by atoms with van der Waals surface area (Å²) in [6.45, 7) is 0. The maximum atomic E-state index is 12.2. The number of nitrogens with one attached hydrogen (secondary N) is 1. The van der Waals surface area contributed by atoms with E-state index in [1.165, 1.54) is 18.2 Å². The van der Waals surface area contributed by atoms with Crippen LogP contribution in [-0.2, 0) is 0 Å². The lowest BCUT2D eigenvalue weighted by Gasteiger charge is -2.35. The summed E-state index contributed by atoms with van der Waals surface area (Å²) in [5, 5.41) is 3.08. The number of alkyl halides is 3. The van der Waals surface area contributed by atoms with Crippen molar-refractivity contribution >= 4 is 0 Å². The summed E-state index contributed by atoms with van der Waals surface area (Å²) in [5.74, 6) is -0.160. The molecule has 1 aliphatic carbocycles. The molecule has 0 spiro atoms. The van der Waals surface area contributed by atoms with Crippen LogP contribution in [0.1, 0.15) is 12.8 Å². The SMILES string of the molecule is CNC1CC(Oc2ccccc2OC(F)(F)F)C1. The number of halogens is 3. The second-order valence-corrected chi connectivity index (χ2v) is 4.19. The molecule has 0 unspecified atom stereocenters. The molecule has 0 radical (unpaired) electrons. The van der Waals surface area contributed by atoms with Gasteiger partial charge >= 0.3 is 6.36 Å². The molecule has 1 fully saturated rings. The van der Waals surface area contributed by atoms with Crippen LogP contribution in [0.25, 0.3) is 0 Å². The fraction of sp³-hybridized carbons (Fsp3) is 0.500. The van der Waals surface area contributed by atoms with Crippen LogP contribution in [0.4, 0.5) is 13.2 Å². The van der Waals surface area contributed by atoms with Crippen LogP contribution < -0.4 is 14.8 Å². The molecule has 0 bridgehead atoms. The van der Waals surface area contributed by atoms with Gasteiger partial charge < -0.3 is 14.8 Å². The van der Waals surface area contributed by atoms with Crippen LogP contribution in [0, 0.1) is 0 Å². The molecule has 100 valence electrons. The van der Waals surface area contributed by atoms with Crippen molar-refractivity contribution in [1.29, 1.82) is 0 Å². The second kappa shape index (κ2) is 5.06. The Hall–Kier alpha value is -1.43. The van der Waals surface area contributed by atoms with Gasteiger partial charge in [0.15, 0.2) is 11.5 Å². The summed E-state index contributed by atoms with van der Waals surface area (Å²) in [4.78, 5) is 0. The van der Waals surface area contributed by atoms with E-state index >= 15 is 0 Å². The molecule has 1 aliphatic rings. The molecule has 2 rings (SSSR count). The highest BCUT2D eigenvalue weighted by molar-refractivity contribution is 5.39. The quantitative estimate of drug-likeness (QED) is 0.904. The van der Waals surface area contributed by atoms with Gasteiger partial charge in [-0.15, -0.1) is 13.2 Å². The van der Waals surface area contributed by atoms with Crippen molar-refractivity contribution in [1.82, 2.24) is 5.32 Å². The van der Waals surface area contributed by atoms with E-state index in [-0.39, 0.29) is 17.6 Å². The normalized spacial score (nSPS) is 23.3. The van der Waals surface area contributed by atoms with Crippen molar-refractivity contribution in [3.63, 3.8) is 0 Å². The third-order valence-electron chi connectivity index (χ3n) is 2.87. The molecule has 0 saturated heterocycles. The highest BCUT2D eigenvalue weighted by Crippen LogP contribution is 2.35. The predicted molar refractivity (Wildman–Crippen MR) is 59.6 cm³/mol. The van der Waals surface area contributed by atoms with E-state index in [2.05, 4.69) is 10.1 Å². The van der Waals surface area contributed by atoms with Gasteiger partial charge in [-0.3, -0.25) is 0 Å². The van der Waals surface area contributed by atoms with Crippen molar-refractivity contribution < 1.29 is 22.6 Å². The Morgan fingerprint density at radius 3 is 2.33 bits per heavy atom. The van der Waals surface area contributed by atoms with E-state index in [9.17, 15) is 13.2 Å². The third kappa shape index (κ3) is 3.29. The van der Waals surface area contributed by atoms with Crippen LogP contribution in [-0.4, -0.2) is 25.6 Å². The van der Waals surface area contributed by atoms with E-state index in [0.29, 0.717) is 6.04 Å². The van der Waals surface area contributed by atoms with Crippen molar-refractivity contribution in [2.75, 3.05) is 7.05 Å². The number of hydrogen-bond donors (Lipinski definition) is 1. The maximum Gasteiger partial charge on any atom is 0.573 e. The van der Waals surface area contributed by atoms with E-state index in [4.69, 9.17) is 4.74 Å². The first kappa shape index (κ1) is 13.0. The van der Waals surface area contributed by atoms with Crippen molar-refractivity contribution in [3.8, 4) is 11.5 Å². The first-order chi connectivity index (χ1) is 8.48. The monoisotopic (exact) mass is 261 g/mol. The van der Waals surface area contributed by atoms with Crippen LogP contribution in [0.5, 0.6) is 11.5 Å². The standard InChI is InChI=1S/C12H14F3NO2/c1-16-8-6-9(7-8)17-10-4-2-3-5-11(10)18-12(13,14)15/h2-5,8-9,16H,6-7H2,1H3. The number of hydrogen-bond acceptors (Lipinski definition) is 3. The van der Waals surface area contributed by atoms with Gasteiger partial charge in [-0.2, -0.15) is 0 Å². The van der Waals surface area contributed by atoms with E-state index < -0.39 is 6.36 Å². The van der Waals surface area contributed by atoms with Gasteiger partial charge in [0.05, 0.1) is 0 Å². The lowest BCUT2D eigenvalue weighted by Crippen LogP contribution is -2.45. The molecule has 1 saturated carbocycles. The van der Waals surface area contributed by atoms with Crippen LogP contribution in [0.3, 0.4) is 0 Å². The Morgan fingerprint density at radius 2 is 1.78 bits per heavy atom. The summed E-state index contributed by atoms with van der Waals surface area (Å²) in [5.41, 5.74) is 0. The molecular formula is C12H14F3NO2. The molecule has 6 heteroatoms. The van der Waals surface area contributed by atoms with Gasteiger partial charge in [0.1, 0.15) is 6.10 Å². The Kier molecular flexibility index (Phi) is 3.65. The van der Waals surface area contributed by atoms with Gasteiger partial charge in [-0.05, 0) is 32.0 Å². The Morgan fingerprint density at radius 1 is 1.17 bits per heavy atom. The average molecular weight is 261 g/mol. The fourth-order valence-electron chi connectivity index (χ4n) is 1.83. The summed E-state index contributed by atoms with van der Waals surface area (Å²) in [6, 6.07) is 6.20. The first-order valence-electron chi connectivity index (χ1n) is 5.66. The zero-order valence-electron chi connectivity index (χ0n) is 9.83. The average Bonchev–Trinajstić information content (AvgIpc) is 2.22. The lowest BCUT2D eigenvalue weighted by atomic mass is 9.89. The van der Waals surface area contributed by atoms with E-state index in [1.807, 2.05) is 7.05 Å². The summed E-state index contributed by atoms with van der Waals surface area (Å²) in [7, 11) is 1.85. The van der Waals surface area contributed by atoms with Gasteiger partial charge in [-0.1, -0.05) is 12.1 Å². The molecule has 1 aromatic rings. The minimum Gasteiger partial charge on any atom is -0.486 e. The zero-order chi connectivity index (χ0) is 13.2. The molecule has 0 amide bonds. The number of ether oxygens (including phenoxy) is 2. The fourth-order valence-corrected chi connectivity index (χ4v) is 1.83. The molecule has 0 aromatic heterocycles. The maximum absolute atomic E-state index is 12.2. The molecule has 0 atom stereocenters. The predicted octanol–water partition coefficient (Wildman–Crippen LogP) is 2.71. The molecule has 18 heavy (non-hydrogen) atoms. The second-order valence-electron chi connectivity index (χ2n) is 4.19. The molecule has 1 aromatic carbocycles. The molecule has 1 N–H and O–H groups in total. The Bertz CT molecular complexity index is 403. The largest absolute Gasteiger partial charge is 0.573 e. The first-order valence-corrected chi connectivity index (χ1v) is 5.66. The summed E-state index contributed by atoms with van der Waals surface area (Å²) >= 11 is 0. The number of benzene rings is 1. The van der Waals surface area contributed by atoms with Crippen LogP contribution in [0.15, 0.2) is 24.3 Å². The Labute approximate surface area is 103 Å². The number of para-hydroxylation sites is 2. The van der Waals surface area contributed by atoms with Crippen LogP contribution >= 0.6 is 0 Å². The smallest absolute Gasteiger partial charge is 0.486 e. The highest BCUT2D eigenvalue weighted by atomic mass is 19.4. The lowest BCUT2D eigenvalue weighted by molar-refractivity contribution is -0.275. The topological polar surface area (TPSA) is 30.5 Å². The number of rotatable bonds is 4. The van der Waals surface area contributed by atoms with Crippen LogP contribution in [0.2, 0.25) is 0 Å². The minimum absolute atomic E-state index is 0.0552. The summed E-state index contributed by atoms with van der Waals surface area (Å²) in [6.07, 6.45) is -3.18. The molecular weight excluding hydrogens is 247 g/mol. The van der Waals surface area contributed by atoms with E-state index in [0.717, 1.165) is 12.8 Å². The summed E-state index contributed by atoms with van der Waals surface area (Å²) < 4.78 is 46.0. The van der Waals surface area contributed by atoms with Gasteiger partial charge in [0, 0.05) is 6.04 Å². The van der Waals surface area contributed by atoms with E-state index in [1.54, 1.807) is 6.07 Å². The van der Waals surface area contributed by atoms with Gasteiger partial charge in [-0.25, -0.2) is 0 Å². The minimum atomic E-state index is -4.70. The molecule has 0 aliphatic heterocycles. The zero-order valence-corrected chi connectivity index (χ0v) is 9.83.